The van der Waals surface area contributed by atoms with Gasteiger partial charge in [-0.25, -0.2) is 9.13 Å². The quantitative estimate of drug-likeness (QED) is 0.0222. The molecule has 0 saturated heterocycles. The number of esters is 4. The minimum Gasteiger partial charge on any atom is -0.462 e. The predicted octanol–water partition coefficient (Wildman–Crippen LogP) is 20.1. The number of carbonyl (C=O) groups is 4. The van der Waals surface area contributed by atoms with Crippen molar-refractivity contribution in [3.63, 3.8) is 0 Å². The third-order valence-electron chi connectivity index (χ3n) is 16.3. The molecule has 89 heavy (non-hydrogen) atoms. The van der Waals surface area contributed by atoms with E-state index in [9.17, 15) is 43.2 Å². The highest BCUT2D eigenvalue weighted by molar-refractivity contribution is 7.47. The van der Waals surface area contributed by atoms with Gasteiger partial charge in [0.2, 0.25) is 0 Å². The van der Waals surface area contributed by atoms with Gasteiger partial charge in [0.1, 0.15) is 19.3 Å². The van der Waals surface area contributed by atoms with Gasteiger partial charge in [0, 0.05) is 25.7 Å². The maximum Gasteiger partial charge on any atom is 0.472 e. The zero-order valence-corrected chi connectivity index (χ0v) is 59.4. The van der Waals surface area contributed by atoms with E-state index in [-0.39, 0.29) is 25.7 Å². The minimum atomic E-state index is -4.95. The van der Waals surface area contributed by atoms with Crippen molar-refractivity contribution in [2.45, 2.75) is 380 Å². The Morgan fingerprint density at radius 1 is 0.303 bits per heavy atom. The lowest BCUT2D eigenvalue weighted by Gasteiger charge is -2.21. The normalized spacial score (nSPS) is 14.1. The molecule has 19 heteroatoms. The molecule has 2 unspecified atom stereocenters. The maximum atomic E-state index is 13.0. The highest BCUT2D eigenvalue weighted by Gasteiger charge is 2.30. The van der Waals surface area contributed by atoms with E-state index in [1.54, 1.807) is 0 Å². The van der Waals surface area contributed by atoms with Crippen molar-refractivity contribution >= 4 is 39.5 Å². The first kappa shape index (κ1) is 87.1. The summed E-state index contributed by atoms with van der Waals surface area (Å²) in [6.45, 7) is 7.13. The number of ether oxygens (including phenoxy) is 4. The van der Waals surface area contributed by atoms with E-state index < -0.39 is 97.5 Å². The molecule has 0 saturated carbocycles. The molecule has 0 aromatic heterocycles. The molecule has 0 bridgehead atoms. The molecule has 5 atom stereocenters. The molecule has 17 nitrogen and oxygen atoms in total. The summed E-state index contributed by atoms with van der Waals surface area (Å²) in [6.07, 6.45) is 50.4. The van der Waals surface area contributed by atoms with Gasteiger partial charge in [-0.05, 0) is 31.6 Å². The van der Waals surface area contributed by atoms with Crippen LogP contribution in [0.3, 0.4) is 0 Å². The second kappa shape index (κ2) is 63.5. The van der Waals surface area contributed by atoms with Crippen molar-refractivity contribution in [3.05, 3.63) is 0 Å². The summed E-state index contributed by atoms with van der Waals surface area (Å²) in [5.41, 5.74) is 0. The number of aliphatic hydroxyl groups excluding tert-OH is 1. The number of aliphatic hydroxyl groups is 1. The predicted molar refractivity (Wildman–Crippen MR) is 358 cm³/mol. The Labute approximate surface area is 543 Å². The summed E-state index contributed by atoms with van der Waals surface area (Å²) in [7, 11) is -9.89. The third kappa shape index (κ3) is 64.6. The van der Waals surface area contributed by atoms with E-state index in [1.807, 2.05) is 0 Å². The van der Waals surface area contributed by atoms with Gasteiger partial charge < -0.3 is 33.8 Å². The Morgan fingerprint density at radius 2 is 0.517 bits per heavy atom. The lowest BCUT2D eigenvalue weighted by atomic mass is 10.0. The van der Waals surface area contributed by atoms with E-state index in [1.165, 1.54) is 180 Å². The fourth-order valence-corrected chi connectivity index (χ4v) is 12.2. The highest BCUT2D eigenvalue weighted by Crippen LogP contribution is 2.45. The van der Waals surface area contributed by atoms with Crippen LogP contribution in [-0.2, 0) is 65.4 Å². The van der Waals surface area contributed by atoms with Crippen molar-refractivity contribution in [1.82, 2.24) is 0 Å². The molecule has 0 aliphatic rings. The zero-order valence-electron chi connectivity index (χ0n) is 57.6. The Morgan fingerprint density at radius 3 is 0.764 bits per heavy atom. The van der Waals surface area contributed by atoms with Gasteiger partial charge in [0.05, 0.1) is 26.4 Å². The average molecular weight is 1310 g/mol. The number of hydrogen-bond donors (Lipinski definition) is 3. The van der Waals surface area contributed by atoms with E-state index in [4.69, 9.17) is 37.0 Å². The lowest BCUT2D eigenvalue weighted by Crippen LogP contribution is -2.30. The van der Waals surface area contributed by atoms with Crippen LogP contribution in [0, 0.1) is 5.92 Å². The van der Waals surface area contributed by atoms with Crippen LogP contribution in [0.4, 0.5) is 0 Å². The third-order valence-corrected chi connectivity index (χ3v) is 18.2. The molecule has 0 heterocycles. The summed E-state index contributed by atoms with van der Waals surface area (Å²) >= 11 is 0. The largest absolute Gasteiger partial charge is 0.472 e. The van der Waals surface area contributed by atoms with Gasteiger partial charge >= 0.3 is 39.5 Å². The molecule has 0 aromatic rings. The molecule has 0 aliphatic heterocycles. The number of carbonyl (C=O) groups excluding carboxylic acids is 4. The summed E-state index contributed by atoms with van der Waals surface area (Å²) in [5, 5.41) is 10.6. The smallest absolute Gasteiger partial charge is 0.462 e. The number of rotatable bonds is 70. The SMILES string of the molecule is CCCCCCCCCCCCCCCCCCCCCC(=O)O[C@H](COC(=O)CCCCCCCCCCCCCCC)COP(=O)(O)OC[C@@H](O)COP(=O)(O)OC[C@@H](COC(=O)CCCCCCC)OC(=O)CCCCCCCCCCCC(C)C. The van der Waals surface area contributed by atoms with Crippen LogP contribution in [0.25, 0.3) is 0 Å². The summed E-state index contributed by atoms with van der Waals surface area (Å²) in [4.78, 5) is 72.3. The molecule has 0 fully saturated rings. The highest BCUT2D eigenvalue weighted by atomic mass is 31.2. The Hall–Kier alpha value is -1.94. The molecule has 0 aromatic carbocycles. The monoisotopic (exact) mass is 1310 g/mol. The van der Waals surface area contributed by atoms with Gasteiger partial charge in [-0.1, -0.05) is 311 Å². The maximum absolute atomic E-state index is 13.0. The molecule has 0 amide bonds. The Balaban J connectivity index is 5.14. The topological polar surface area (TPSA) is 237 Å². The second-order valence-corrected chi connectivity index (χ2v) is 28.7. The molecular formula is C70H136O17P2. The zero-order chi connectivity index (χ0) is 65.6. The van der Waals surface area contributed by atoms with E-state index in [2.05, 4.69) is 34.6 Å². The Kier molecular flexibility index (Phi) is 62.1. The molecule has 3 N–H and O–H groups in total. The van der Waals surface area contributed by atoms with Crippen molar-refractivity contribution < 1.29 is 80.2 Å². The van der Waals surface area contributed by atoms with Gasteiger partial charge in [-0.2, -0.15) is 0 Å². The number of unbranched alkanes of at least 4 members (excludes halogenated alkanes) is 42. The van der Waals surface area contributed by atoms with Crippen LogP contribution in [0.5, 0.6) is 0 Å². The summed E-state index contributed by atoms with van der Waals surface area (Å²) < 4.78 is 68.1. The van der Waals surface area contributed by atoms with E-state index in [0.717, 1.165) is 102 Å². The van der Waals surface area contributed by atoms with Gasteiger partial charge in [0.15, 0.2) is 12.2 Å². The van der Waals surface area contributed by atoms with Crippen molar-refractivity contribution in [2.75, 3.05) is 39.6 Å². The van der Waals surface area contributed by atoms with E-state index >= 15 is 0 Å². The van der Waals surface area contributed by atoms with Gasteiger partial charge in [-0.3, -0.25) is 37.3 Å². The van der Waals surface area contributed by atoms with Crippen molar-refractivity contribution in [1.29, 1.82) is 0 Å². The van der Waals surface area contributed by atoms with Crippen LogP contribution in [0.1, 0.15) is 362 Å². The molecule has 0 aliphatic carbocycles. The van der Waals surface area contributed by atoms with Crippen LogP contribution < -0.4 is 0 Å². The van der Waals surface area contributed by atoms with Crippen molar-refractivity contribution in [3.8, 4) is 0 Å². The standard InChI is InChI=1S/C70H136O17P2/c1-6-9-12-15-17-19-21-23-24-25-26-27-28-30-32-36-40-45-50-55-69(74)87-66(60-81-68(73)54-49-44-39-35-31-29-22-20-18-16-13-10-7-2)62-85-89(78,79)83-58-64(71)57-82-88(76,77)84-61-65(59-80-67(72)53-48-42-14-11-8-3)86-70(75)56-51-46-41-37-33-34-38-43-47-52-63(4)5/h63-66,71H,6-62H2,1-5H3,(H,76,77)(H,78,79)/t64-,65+,66+/m0/s1. The van der Waals surface area contributed by atoms with Crippen LogP contribution in [0.2, 0.25) is 0 Å². The first-order chi connectivity index (χ1) is 43.0. The van der Waals surface area contributed by atoms with Crippen LogP contribution in [0.15, 0.2) is 0 Å². The van der Waals surface area contributed by atoms with Gasteiger partial charge in [-0.15, -0.1) is 0 Å². The van der Waals surface area contributed by atoms with E-state index in [0.29, 0.717) is 25.7 Å². The first-order valence-corrected chi connectivity index (χ1v) is 39.6. The summed E-state index contributed by atoms with van der Waals surface area (Å²) in [6, 6.07) is 0. The van der Waals surface area contributed by atoms with Crippen molar-refractivity contribution in [2.24, 2.45) is 5.92 Å². The molecular weight excluding hydrogens is 1170 g/mol. The lowest BCUT2D eigenvalue weighted by molar-refractivity contribution is -0.161. The fraction of sp³-hybridized carbons (Fsp3) is 0.943. The van der Waals surface area contributed by atoms with Gasteiger partial charge in [0.25, 0.3) is 0 Å². The fourth-order valence-electron chi connectivity index (χ4n) is 10.6. The number of phosphoric acid groups is 2. The average Bonchev–Trinajstić information content (AvgIpc) is 3.66. The minimum absolute atomic E-state index is 0.105. The van der Waals surface area contributed by atoms with Crippen LogP contribution >= 0.6 is 15.6 Å². The molecule has 0 spiro atoms. The first-order valence-electron chi connectivity index (χ1n) is 36.6. The molecule has 528 valence electrons. The molecule has 0 rings (SSSR count). The Bertz CT molecular complexity index is 1720. The second-order valence-electron chi connectivity index (χ2n) is 25.7. The number of hydrogen-bond acceptors (Lipinski definition) is 15. The number of phosphoric ester groups is 2. The molecule has 0 radical (unpaired) electrons. The summed E-state index contributed by atoms with van der Waals surface area (Å²) in [5.74, 6) is -1.40. The van der Waals surface area contributed by atoms with Crippen LogP contribution in [-0.4, -0.2) is 96.7 Å².